The van der Waals surface area contributed by atoms with Crippen LogP contribution in [0.25, 0.3) is 0 Å². The third-order valence-corrected chi connectivity index (χ3v) is 1.55. The van der Waals surface area contributed by atoms with Crippen molar-refractivity contribution in [2.24, 2.45) is 0 Å². The van der Waals surface area contributed by atoms with Gasteiger partial charge >= 0.3 is 0 Å². The van der Waals surface area contributed by atoms with Crippen molar-refractivity contribution >= 4 is 6.29 Å². The Balaban J connectivity index is 3.50. The van der Waals surface area contributed by atoms with Crippen LogP contribution in [0.3, 0.4) is 0 Å². The van der Waals surface area contributed by atoms with E-state index in [4.69, 9.17) is 0 Å². The second-order valence-electron chi connectivity index (χ2n) is 2.83. The summed E-state index contributed by atoms with van der Waals surface area (Å²) in [5.41, 5.74) is 0. The maximum absolute atomic E-state index is 9.91. The SMILES string of the molecule is CCC/C=C/C=C/C=C/C/C=C/C=O. The number of hydrogen-bond acceptors (Lipinski definition) is 1. The van der Waals surface area contributed by atoms with E-state index in [0.29, 0.717) is 0 Å². The molecule has 0 aromatic heterocycles. The summed E-state index contributed by atoms with van der Waals surface area (Å²) in [5, 5.41) is 0. The van der Waals surface area contributed by atoms with Crippen molar-refractivity contribution in [3.63, 3.8) is 0 Å². The molecule has 0 radical (unpaired) electrons. The van der Waals surface area contributed by atoms with Crippen molar-refractivity contribution in [1.82, 2.24) is 0 Å². The highest BCUT2D eigenvalue weighted by Gasteiger charge is 1.70. The van der Waals surface area contributed by atoms with E-state index in [1.54, 1.807) is 0 Å². The van der Waals surface area contributed by atoms with Gasteiger partial charge in [-0.1, -0.05) is 55.9 Å². The second-order valence-corrected chi connectivity index (χ2v) is 2.83. The average molecular weight is 190 g/mol. The van der Waals surface area contributed by atoms with Crippen LogP contribution in [0, 0.1) is 0 Å². The van der Waals surface area contributed by atoms with Crippen molar-refractivity contribution < 1.29 is 4.79 Å². The lowest BCUT2D eigenvalue weighted by Crippen LogP contribution is -1.61. The molecule has 0 unspecified atom stereocenters. The predicted molar refractivity (Wildman–Crippen MR) is 62.1 cm³/mol. The van der Waals surface area contributed by atoms with Gasteiger partial charge in [-0.05, 0) is 18.9 Å². The van der Waals surface area contributed by atoms with Crippen molar-refractivity contribution in [3.8, 4) is 0 Å². The molecule has 0 fully saturated rings. The van der Waals surface area contributed by atoms with E-state index < -0.39 is 0 Å². The lowest BCUT2D eigenvalue weighted by Gasteiger charge is -1.80. The summed E-state index contributed by atoms with van der Waals surface area (Å²) in [5.74, 6) is 0. The van der Waals surface area contributed by atoms with Crippen LogP contribution in [0.4, 0.5) is 0 Å². The summed E-state index contributed by atoms with van der Waals surface area (Å²) in [6, 6.07) is 0. The molecular weight excluding hydrogens is 172 g/mol. The van der Waals surface area contributed by atoms with Crippen molar-refractivity contribution in [2.75, 3.05) is 0 Å². The van der Waals surface area contributed by atoms with E-state index in [1.165, 1.54) is 12.5 Å². The fraction of sp³-hybridized carbons (Fsp3) is 0.308. The number of aldehydes is 1. The van der Waals surface area contributed by atoms with Crippen LogP contribution in [0.2, 0.25) is 0 Å². The number of carbonyl (C=O) groups is 1. The molecule has 0 aromatic carbocycles. The quantitative estimate of drug-likeness (QED) is 0.340. The Kier molecular flexibility index (Phi) is 10.5. The molecule has 0 bridgehead atoms. The highest BCUT2D eigenvalue weighted by atomic mass is 16.1. The molecule has 0 N–H and O–H groups in total. The van der Waals surface area contributed by atoms with E-state index >= 15 is 0 Å². The van der Waals surface area contributed by atoms with Gasteiger partial charge in [-0.3, -0.25) is 4.79 Å². The van der Waals surface area contributed by atoms with Gasteiger partial charge in [0.2, 0.25) is 0 Å². The molecule has 76 valence electrons. The third kappa shape index (κ3) is 10.6. The number of hydrogen-bond donors (Lipinski definition) is 0. The second kappa shape index (κ2) is 11.6. The standard InChI is InChI=1S/C13H18O/c1-2-3-4-5-6-7-8-9-10-11-12-13-14/h4-9,11-13H,2-3,10H2,1H3/b5-4+,7-6+,9-8+,12-11+. The van der Waals surface area contributed by atoms with E-state index in [0.717, 1.165) is 19.1 Å². The largest absolute Gasteiger partial charge is 0.299 e. The lowest BCUT2D eigenvalue weighted by molar-refractivity contribution is -0.104. The minimum absolute atomic E-state index is 0.789. The van der Waals surface area contributed by atoms with Gasteiger partial charge in [0, 0.05) is 0 Å². The number of allylic oxidation sites excluding steroid dienone is 8. The molecule has 1 nitrogen and oxygen atoms in total. The zero-order chi connectivity index (χ0) is 10.5. The van der Waals surface area contributed by atoms with Crippen molar-refractivity contribution in [3.05, 3.63) is 48.6 Å². The van der Waals surface area contributed by atoms with Crippen molar-refractivity contribution in [1.29, 1.82) is 0 Å². The molecule has 0 aliphatic carbocycles. The van der Waals surface area contributed by atoms with Gasteiger partial charge in [0.1, 0.15) is 6.29 Å². The Hall–Kier alpha value is -1.37. The van der Waals surface area contributed by atoms with Gasteiger partial charge in [-0.2, -0.15) is 0 Å². The summed E-state index contributed by atoms with van der Waals surface area (Å²) in [4.78, 5) is 9.91. The minimum atomic E-state index is 0.789. The zero-order valence-corrected chi connectivity index (χ0v) is 8.73. The molecule has 0 rings (SSSR count). The number of carbonyl (C=O) groups excluding carboxylic acids is 1. The first-order valence-electron chi connectivity index (χ1n) is 5.00. The summed E-state index contributed by atoms with van der Waals surface area (Å²) >= 11 is 0. The summed E-state index contributed by atoms with van der Waals surface area (Å²) < 4.78 is 0. The van der Waals surface area contributed by atoms with Gasteiger partial charge in [0.05, 0.1) is 0 Å². The molecule has 0 aliphatic rings. The van der Waals surface area contributed by atoms with Gasteiger partial charge in [-0.15, -0.1) is 0 Å². The Morgan fingerprint density at radius 3 is 2.14 bits per heavy atom. The van der Waals surface area contributed by atoms with Crippen LogP contribution in [0.1, 0.15) is 26.2 Å². The van der Waals surface area contributed by atoms with E-state index in [2.05, 4.69) is 19.1 Å². The Bertz CT molecular complexity index is 232. The Labute approximate surface area is 86.5 Å². The first-order chi connectivity index (χ1) is 6.91. The van der Waals surface area contributed by atoms with Gasteiger partial charge in [0.25, 0.3) is 0 Å². The van der Waals surface area contributed by atoms with Crippen LogP contribution in [0.5, 0.6) is 0 Å². The van der Waals surface area contributed by atoms with Crippen LogP contribution in [-0.2, 0) is 4.79 Å². The first kappa shape index (κ1) is 12.6. The molecule has 0 saturated carbocycles. The maximum Gasteiger partial charge on any atom is 0.142 e. The summed E-state index contributed by atoms with van der Waals surface area (Å²) in [6.07, 6.45) is 19.4. The van der Waals surface area contributed by atoms with Crippen LogP contribution >= 0.6 is 0 Å². The summed E-state index contributed by atoms with van der Waals surface area (Å²) in [7, 11) is 0. The van der Waals surface area contributed by atoms with Gasteiger partial charge < -0.3 is 0 Å². The summed E-state index contributed by atoms with van der Waals surface area (Å²) in [6.45, 7) is 2.16. The average Bonchev–Trinajstić information content (AvgIpc) is 2.21. The molecule has 0 heterocycles. The predicted octanol–water partition coefficient (Wildman–Crippen LogP) is 3.60. The molecule has 14 heavy (non-hydrogen) atoms. The fourth-order valence-electron chi connectivity index (χ4n) is 0.840. The van der Waals surface area contributed by atoms with E-state index in [-0.39, 0.29) is 0 Å². The Morgan fingerprint density at radius 2 is 1.50 bits per heavy atom. The number of rotatable bonds is 7. The highest BCUT2D eigenvalue weighted by molar-refractivity contribution is 5.64. The van der Waals surface area contributed by atoms with Gasteiger partial charge in [-0.25, -0.2) is 0 Å². The van der Waals surface area contributed by atoms with E-state index in [1.807, 2.05) is 30.4 Å². The molecule has 0 aromatic rings. The smallest absolute Gasteiger partial charge is 0.142 e. The fourth-order valence-corrected chi connectivity index (χ4v) is 0.840. The Morgan fingerprint density at radius 1 is 0.857 bits per heavy atom. The third-order valence-electron chi connectivity index (χ3n) is 1.55. The maximum atomic E-state index is 9.91. The minimum Gasteiger partial charge on any atom is -0.299 e. The van der Waals surface area contributed by atoms with Crippen LogP contribution in [0.15, 0.2) is 48.6 Å². The monoisotopic (exact) mass is 190 g/mol. The molecular formula is C13H18O. The normalized spacial score (nSPS) is 12.6. The number of unbranched alkanes of at least 4 members (excludes halogenated alkanes) is 1. The first-order valence-corrected chi connectivity index (χ1v) is 5.00. The van der Waals surface area contributed by atoms with E-state index in [9.17, 15) is 4.79 Å². The van der Waals surface area contributed by atoms with Crippen molar-refractivity contribution in [2.45, 2.75) is 26.2 Å². The lowest BCUT2D eigenvalue weighted by atomic mass is 10.3. The molecule has 0 aliphatic heterocycles. The molecule has 0 spiro atoms. The molecule has 0 amide bonds. The van der Waals surface area contributed by atoms with Crippen LogP contribution in [-0.4, -0.2) is 6.29 Å². The topological polar surface area (TPSA) is 17.1 Å². The molecule has 1 heteroatoms. The zero-order valence-electron chi connectivity index (χ0n) is 8.73. The molecule has 0 saturated heterocycles. The highest BCUT2D eigenvalue weighted by Crippen LogP contribution is 1.90. The van der Waals surface area contributed by atoms with Crippen LogP contribution < -0.4 is 0 Å². The molecule has 0 atom stereocenters. The van der Waals surface area contributed by atoms with Gasteiger partial charge in [0.15, 0.2) is 0 Å².